The van der Waals surface area contributed by atoms with Gasteiger partial charge in [0.1, 0.15) is 5.75 Å². The molecule has 0 unspecified atom stereocenters. The highest BCUT2D eigenvalue weighted by Crippen LogP contribution is 2.46. The first-order chi connectivity index (χ1) is 14.4. The van der Waals surface area contributed by atoms with Crippen molar-refractivity contribution >= 4 is 5.91 Å². The normalized spacial score (nSPS) is 26.2. The van der Waals surface area contributed by atoms with Crippen LogP contribution in [0, 0.1) is 12.8 Å². The third-order valence-corrected chi connectivity index (χ3v) is 6.79. The van der Waals surface area contributed by atoms with Gasteiger partial charge in [-0.15, -0.1) is 0 Å². The lowest BCUT2D eigenvalue weighted by Crippen LogP contribution is -2.54. The minimum absolute atomic E-state index is 0.111. The summed E-state index contributed by atoms with van der Waals surface area (Å²) in [5, 5.41) is 0. The predicted molar refractivity (Wildman–Crippen MR) is 117 cm³/mol. The number of nitrogens with zero attached hydrogens (tertiary/aromatic N) is 1. The monoisotopic (exact) mass is 415 g/mol. The molecule has 5 heteroatoms. The zero-order chi connectivity index (χ0) is 21.3. The number of hydrogen-bond donors (Lipinski definition) is 0. The van der Waals surface area contributed by atoms with Crippen LogP contribution in [0.4, 0.5) is 0 Å². The SMILES string of the molecule is CCO[C@H]1C[C@@H](C2CC2)OC2(CCN(C(=O)c3ccc(OC(C)C)c(C)c3)CC2)C1. The van der Waals surface area contributed by atoms with Crippen LogP contribution < -0.4 is 4.74 Å². The number of ether oxygens (including phenoxy) is 3. The van der Waals surface area contributed by atoms with Gasteiger partial charge in [-0.1, -0.05) is 0 Å². The zero-order valence-electron chi connectivity index (χ0n) is 19.0. The summed E-state index contributed by atoms with van der Waals surface area (Å²) in [6.07, 6.45) is 7.15. The molecule has 30 heavy (non-hydrogen) atoms. The van der Waals surface area contributed by atoms with E-state index in [2.05, 4.69) is 6.92 Å². The van der Waals surface area contributed by atoms with Gasteiger partial charge in [-0.25, -0.2) is 0 Å². The lowest BCUT2D eigenvalue weighted by molar-refractivity contribution is -0.193. The maximum atomic E-state index is 13.1. The summed E-state index contributed by atoms with van der Waals surface area (Å²) in [5.41, 5.74) is 1.63. The van der Waals surface area contributed by atoms with Gasteiger partial charge in [-0.2, -0.15) is 0 Å². The number of carbonyl (C=O) groups is 1. The molecule has 2 aliphatic heterocycles. The van der Waals surface area contributed by atoms with Gasteiger partial charge in [0, 0.05) is 38.1 Å². The van der Waals surface area contributed by atoms with Gasteiger partial charge in [-0.05, 0) is 83.1 Å². The molecule has 1 aromatic carbocycles. The highest BCUT2D eigenvalue weighted by molar-refractivity contribution is 5.94. The van der Waals surface area contributed by atoms with Crippen molar-refractivity contribution in [3.8, 4) is 5.75 Å². The third-order valence-electron chi connectivity index (χ3n) is 6.79. The predicted octanol–water partition coefficient (Wildman–Crippen LogP) is 4.75. The molecule has 1 amide bonds. The molecular weight excluding hydrogens is 378 g/mol. The molecule has 0 N–H and O–H groups in total. The molecule has 4 rings (SSSR count). The number of benzene rings is 1. The van der Waals surface area contributed by atoms with Gasteiger partial charge in [0.15, 0.2) is 0 Å². The molecule has 1 aliphatic carbocycles. The second kappa shape index (κ2) is 8.88. The van der Waals surface area contributed by atoms with Crippen molar-refractivity contribution in [3.05, 3.63) is 29.3 Å². The first-order valence-electron chi connectivity index (χ1n) is 11.7. The molecule has 0 radical (unpaired) electrons. The minimum Gasteiger partial charge on any atom is -0.491 e. The van der Waals surface area contributed by atoms with Crippen LogP contribution in [0.25, 0.3) is 0 Å². The van der Waals surface area contributed by atoms with E-state index in [1.807, 2.05) is 43.9 Å². The Morgan fingerprint density at radius 2 is 2.00 bits per heavy atom. The number of aryl methyl sites for hydroxylation is 1. The molecule has 166 valence electrons. The largest absolute Gasteiger partial charge is 0.491 e. The van der Waals surface area contributed by atoms with Crippen molar-refractivity contribution in [1.82, 2.24) is 4.90 Å². The number of hydrogen-bond acceptors (Lipinski definition) is 4. The molecule has 0 aromatic heterocycles. The van der Waals surface area contributed by atoms with Crippen LogP contribution in [0.5, 0.6) is 5.75 Å². The fraction of sp³-hybridized carbons (Fsp3) is 0.720. The minimum atomic E-state index is -0.118. The Hall–Kier alpha value is -1.59. The molecule has 1 spiro atoms. The summed E-state index contributed by atoms with van der Waals surface area (Å²) < 4.78 is 18.5. The van der Waals surface area contributed by atoms with Crippen molar-refractivity contribution in [1.29, 1.82) is 0 Å². The second-order valence-electron chi connectivity index (χ2n) is 9.63. The molecule has 1 saturated carbocycles. The molecule has 2 saturated heterocycles. The van der Waals surface area contributed by atoms with E-state index >= 15 is 0 Å². The lowest BCUT2D eigenvalue weighted by atomic mass is 9.81. The highest BCUT2D eigenvalue weighted by atomic mass is 16.5. The van der Waals surface area contributed by atoms with E-state index < -0.39 is 0 Å². The number of carbonyl (C=O) groups excluding carboxylic acids is 1. The van der Waals surface area contributed by atoms with Crippen molar-refractivity contribution in [2.45, 2.75) is 90.1 Å². The fourth-order valence-corrected chi connectivity index (χ4v) is 5.08. The molecule has 3 fully saturated rings. The smallest absolute Gasteiger partial charge is 0.253 e. The van der Waals surface area contributed by atoms with Crippen molar-refractivity contribution in [3.63, 3.8) is 0 Å². The average Bonchev–Trinajstić information content (AvgIpc) is 3.55. The summed E-state index contributed by atoms with van der Waals surface area (Å²) in [5.74, 6) is 1.68. The summed E-state index contributed by atoms with van der Waals surface area (Å²) in [6, 6.07) is 5.77. The summed E-state index contributed by atoms with van der Waals surface area (Å²) in [4.78, 5) is 15.1. The summed E-state index contributed by atoms with van der Waals surface area (Å²) >= 11 is 0. The Morgan fingerprint density at radius 1 is 1.27 bits per heavy atom. The lowest BCUT2D eigenvalue weighted by Gasteiger charge is -2.49. The maximum Gasteiger partial charge on any atom is 0.253 e. The van der Waals surface area contributed by atoms with Gasteiger partial charge in [0.05, 0.1) is 23.9 Å². The molecular formula is C25H37NO4. The summed E-state index contributed by atoms with van der Waals surface area (Å²) in [6.45, 7) is 10.4. The average molecular weight is 416 g/mol. The molecule has 2 heterocycles. The van der Waals surface area contributed by atoms with Gasteiger partial charge >= 0.3 is 0 Å². The number of piperidine rings is 1. The Morgan fingerprint density at radius 3 is 2.60 bits per heavy atom. The Labute approximate surface area is 181 Å². The topological polar surface area (TPSA) is 48.0 Å². The number of amides is 1. The summed E-state index contributed by atoms with van der Waals surface area (Å²) in [7, 11) is 0. The van der Waals surface area contributed by atoms with Crippen LogP contribution in [0.3, 0.4) is 0 Å². The molecule has 0 bridgehead atoms. The van der Waals surface area contributed by atoms with Crippen LogP contribution in [-0.2, 0) is 9.47 Å². The van der Waals surface area contributed by atoms with Gasteiger partial charge in [0.25, 0.3) is 5.91 Å². The molecule has 5 nitrogen and oxygen atoms in total. The molecule has 2 atom stereocenters. The number of rotatable bonds is 6. The van der Waals surface area contributed by atoms with Crippen molar-refractivity contribution < 1.29 is 19.0 Å². The van der Waals surface area contributed by atoms with Crippen molar-refractivity contribution in [2.24, 2.45) is 5.92 Å². The highest BCUT2D eigenvalue weighted by Gasteiger charge is 2.48. The zero-order valence-corrected chi connectivity index (χ0v) is 19.0. The maximum absolute atomic E-state index is 13.1. The Balaban J connectivity index is 1.39. The van der Waals surface area contributed by atoms with E-state index in [1.165, 1.54) is 12.8 Å². The van der Waals surface area contributed by atoms with Crippen LogP contribution in [0.1, 0.15) is 75.2 Å². The van der Waals surface area contributed by atoms with E-state index in [-0.39, 0.29) is 17.6 Å². The number of likely N-dealkylation sites (tertiary alicyclic amines) is 1. The van der Waals surface area contributed by atoms with Crippen molar-refractivity contribution in [2.75, 3.05) is 19.7 Å². The Kier molecular flexibility index (Phi) is 6.40. The van der Waals surface area contributed by atoms with E-state index in [0.29, 0.717) is 12.2 Å². The van der Waals surface area contributed by atoms with Gasteiger partial charge in [-0.3, -0.25) is 4.79 Å². The molecule has 3 aliphatic rings. The van der Waals surface area contributed by atoms with Gasteiger partial charge < -0.3 is 19.1 Å². The standard InChI is InChI=1S/C25H37NO4/c1-5-28-21-15-23(19-6-7-19)30-25(16-21)10-12-26(13-11-25)24(27)20-8-9-22(18(4)14-20)29-17(2)3/h8-9,14,17,19,21,23H,5-7,10-13,15-16H2,1-4H3/t21-,23-/m0/s1. The van der Waals surface area contributed by atoms with E-state index in [1.54, 1.807) is 0 Å². The third kappa shape index (κ3) is 4.83. The first-order valence-corrected chi connectivity index (χ1v) is 11.7. The van der Waals surface area contributed by atoms with Crippen LogP contribution in [0.2, 0.25) is 0 Å². The quantitative estimate of drug-likeness (QED) is 0.673. The van der Waals surface area contributed by atoms with Gasteiger partial charge in [0.2, 0.25) is 0 Å². The van der Waals surface area contributed by atoms with Crippen LogP contribution in [-0.4, -0.2) is 54.4 Å². The fourth-order valence-electron chi connectivity index (χ4n) is 5.08. The second-order valence-corrected chi connectivity index (χ2v) is 9.63. The van der Waals surface area contributed by atoms with E-state index in [0.717, 1.165) is 68.2 Å². The molecule has 1 aromatic rings. The van der Waals surface area contributed by atoms with Crippen LogP contribution >= 0.6 is 0 Å². The van der Waals surface area contributed by atoms with Crippen LogP contribution in [0.15, 0.2) is 18.2 Å². The van der Waals surface area contributed by atoms with E-state index in [9.17, 15) is 4.79 Å². The first kappa shape index (κ1) is 21.6. The van der Waals surface area contributed by atoms with E-state index in [4.69, 9.17) is 14.2 Å². The Bertz CT molecular complexity index is 750.